The van der Waals surface area contributed by atoms with E-state index in [9.17, 15) is 14.7 Å². The number of carbonyl (C=O) groups excluding carboxylic acids is 1. The molecule has 37 heavy (non-hydrogen) atoms. The minimum Gasteiger partial charge on any atom is -0.481 e. The first kappa shape index (κ1) is 24.8. The van der Waals surface area contributed by atoms with Crippen molar-refractivity contribution < 1.29 is 19.4 Å². The summed E-state index contributed by atoms with van der Waals surface area (Å²) in [4.78, 5) is 31.9. The van der Waals surface area contributed by atoms with E-state index < -0.39 is 11.9 Å². The third-order valence-electron chi connectivity index (χ3n) is 7.50. The Bertz CT molecular complexity index is 1350. The molecule has 2 atom stereocenters. The van der Waals surface area contributed by atoms with Gasteiger partial charge in [-0.2, -0.15) is 0 Å². The summed E-state index contributed by atoms with van der Waals surface area (Å²) in [6.45, 7) is 5.39. The number of allylic oxidation sites excluding steroid dienone is 1. The van der Waals surface area contributed by atoms with Crippen LogP contribution in [0.25, 0.3) is 0 Å². The molecule has 6 heteroatoms. The van der Waals surface area contributed by atoms with E-state index in [1.54, 1.807) is 13.1 Å². The Labute approximate surface area is 217 Å². The summed E-state index contributed by atoms with van der Waals surface area (Å²) >= 11 is 0. The summed E-state index contributed by atoms with van der Waals surface area (Å²) in [6, 6.07) is 15.9. The summed E-state index contributed by atoms with van der Waals surface area (Å²) in [5.41, 5.74) is 6.84. The molecule has 5 aliphatic heterocycles. The second kappa shape index (κ2) is 10.6. The first-order chi connectivity index (χ1) is 17.9. The zero-order valence-electron chi connectivity index (χ0n) is 21.3. The number of benzene rings is 2. The lowest BCUT2D eigenvalue weighted by molar-refractivity contribution is -0.141. The molecule has 0 spiro atoms. The van der Waals surface area contributed by atoms with E-state index in [0.29, 0.717) is 31.1 Å². The predicted octanol–water partition coefficient (Wildman–Crippen LogP) is 5.32. The van der Waals surface area contributed by atoms with Gasteiger partial charge >= 0.3 is 5.97 Å². The Morgan fingerprint density at radius 1 is 1.11 bits per heavy atom. The molecule has 2 aromatic carbocycles. The highest BCUT2D eigenvalue weighted by atomic mass is 16.5. The van der Waals surface area contributed by atoms with Crippen molar-refractivity contribution >= 4 is 11.9 Å². The average Bonchev–Trinajstić information content (AvgIpc) is 2.90. The second-order valence-electron chi connectivity index (χ2n) is 10.00. The zero-order chi connectivity index (χ0) is 25.9. The SMILES string of the molecule is Cc1cc2ncc1[C@H]([C@H](C)C(=O)O)c1ccc3c(c1)CN(CC3)C(=O)c1ccc(cc1)C/C=C/CCO2. The number of carboxylic acids is 1. The molecule has 8 rings (SSSR count). The molecule has 0 radical (unpaired) electrons. The highest BCUT2D eigenvalue weighted by Crippen LogP contribution is 2.36. The summed E-state index contributed by atoms with van der Waals surface area (Å²) in [7, 11) is 0. The Kier molecular flexibility index (Phi) is 7.08. The van der Waals surface area contributed by atoms with Crippen LogP contribution in [0.5, 0.6) is 5.88 Å². The number of nitrogens with zero attached hydrogens (tertiary/aromatic N) is 2. The monoisotopic (exact) mass is 496 g/mol. The molecule has 190 valence electrons. The van der Waals surface area contributed by atoms with Crippen molar-refractivity contribution in [3.05, 3.63) is 106 Å². The van der Waals surface area contributed by atoms with Crippen molar-refractivity contribution in [2.24, 2.45) is 5.92 Å². The van der Waals surface area contributed by atoms with E-state index in [4.69, 9.17) is 4.74 Å². The molecule has 7 bridgehead atoms. The van der Waals surface area contributed by atoms with Crippen molar-refractivity contribution in [3.8, 4) is 5.88 Å². The largest absolute Gasteiger partial charge is 0.481 e. The number of aliphatic carboxylic acids is 1. The van der Waals surface area contributed by atoms with Crippen molar-refractivity contribution in [1.82, 2.24) is 9.88 Å². The van der Waals surface area contributed by atoms with Gasteiger partial charge in [0.15, 0.2) is 0 Å². The number of hydrogen-bond acceptors (Lipinski definition) is 4. The molecular formula is C31H32N2O4. The number of ether oxygens (including phenoxy) is 1. The van der Waals surface area contributed by atoms with E-state index in [2.05, 4.69) is 29.3 Å². The number of carboxylic acid groups (broad SMARTS) is 1. The normalized spacial score (nSPS) is 19.2. The topological polar surface area (TPSA) is 79.7 Å². The molecule has 0 unspecified atom stereocenters. The van der Waals surface area contributed by atoms with Gasteiger partial charge in [0.25, 0.3) is 5.91 Å². The molecule has 1 N–H and O–H groups in total. The van der Waals surface area contributed by atoms with Crippen LogP contribution in [-0.2, 0) is 24.2 Å². The van der Waals surface area contributed by atoms with Gasteiger partial charge in [0, 0.05) is 36.8 Å². The van der Waals surface area contributed by atoms with Gasteiger partial charge in [-0.05, 0) is 71.7 Å². The molecular weight excluding hydrogens is 464 g/mol. The quantitative estimate of drug-likeness (QED) is 0.486. The van der Waals surface area contributed by atoms with Gasteiger partial charge in [-0.15, -0.1) is 0 Å². The fourth-order valence-corrected chi connectivity index (χ4v) is 5.30. The number of carbonyl (C=O) groups is 2. The lowest BCUT2D eigenvalue weighted by Gasteiger charge is -2.31. The molecule has 3 aromatic rings. The number of aromatic nitrogens is 1. The van der Waals surface area contributed by atoms with Gasteiger partial charge < -0.3 is 14.7 Å². The maximum Gasteiger partial charge on any atom is 0.307 e. The van der Waals surface area contributed by atoms with Crippen LogP contribution in [0.2, 0.25) is 0 Å². The molecule has 0 saturated heterocycles. The van der Waals surface area contributed by atoms with Crippen molar-refractivity contribution in [2.75, 3.05) is 13.2 Å². The van der Waals surface area contributed by atoms with Gasteiger partial charge in [0.1, 0.15) is 0 Å². The number of hydrogen-bond donors (Lipinski definition) is 1. The predicted molar refractivity (Wildman–Crippen MR) is 142 cm³/mol. The van der Waals surface area contributed by atoms with Crippen LogP contribution in [0.15, 0.2) is 66.9 Å². The van der Waals surface area contributed by atoms with Gasteiger partial charge in [0.2, 0.25) is 5.88 Å². The summed E-state index contributed by atoms with van der Waals surface area (Å²) in [6.07, 6.45) is 8.28. The van der Waals surface area contributed by atoms with E-state index in [-0.39, 0.29) is 11.8 Å². The molecule has 1 amide bonds. The Hall–Kier alpha value is -3.93. The Morgan fingerprint density at radius 2 is 1.92 bits per heavy atom. The number of aryl methyl sites for hydroxylation is 1. The highest BCUT2D eigenvalue weighted by molar-refractivity contribution is 5.94. The smallest absolute Gasteiger partial charge is 0.307 e. The van der Waals surface area contributed by atoms with Gasteiger partial charge in [-0.25, -0.2) is 4.98 Å². The van der Waals surface area contributed by atoms with Crippen LogP contribution >= 0.6 is 0 Å². The molecule has 0 saturated carbocycles. The van der Waals surface area contributed by atoms with E-state index in [0.717, 1.165) is 47.1 Å². The Morgan fingerprint density at radius 3 is 2.68 bits per heavy atom. The average molecular weight is 497 g/mol. The first-order valence-electron chi connectivity index (χ1n) is 12.9. The van der Waals surface area contributed by atoms with Gasteiger partial charge in [0.05, 0.1) is 12.5 Å². The molecule has 5 aliphatic rings. The van der Waals surface area contributed by atoms with Crippen LogP contribution in [0.3, 0.4) is 0 Å². The number of amides is 1. The molecule has 0 fully saturated rings. The lowest BCUT2D eigenvalue weighted by atomic mass is 9.79. The van der Waals surface area contributed by atoms with E-state index in [1.807, 2.05) is 48.2 Å². The maximum absolute atomic E-state index is 13.3. The van der Waals surface area contributed by atoms with Crippen LogP contribution in [0, 0.1) is 12.8 Å². The number of pyridine rings is 1. The summed E-state index contributed by atoms with van der Waals surface area (Å²) in [5, 5.41) is 9.97. The van der Waals surface area contributed by atoms with Crippen LogP contribution < -0.4 is 4.74 Å². The lowest BCUT2D eigenvalue weighted by Crippen LogP contribution is -2.36. The third-order valence-corrected chi connectivity index (χ3v) is 7.50. The maximum atomic E-state index is 13.3. The molecule has 6 nitrogen and oxygen atoms in total. The Balaban J connectivity index is 1.57. The first-order valence-corrected chi connectivity index (χ1v) is 12.9. The molecule has 1 aromatic heterocycles. The van der Waals surface area contributed by atoms with Crippen LogP contribution in [0.1, 0.15) is 63.0 Å². The van der Waals surface area contributed by atoms with Crippen molar-refractivity contribution in [1.29, 1.82) is 0 Å². The van der Waals surface area contributed by atoms with Gasteiger partial charge in [-0.1, -0.05) is 49.4 Å². The van der Waals surface area contributed by atoms with Crippen LogP contribution in [0.4, 0.5) is 0 Å². The van der Waals surface area contributed by atoms with E-state index in [1.165, 1.54) is 5.56 Å². The summed E-state index contributed by atoms with van der Waals surface area (Å²) < 4.78 is 5.87. The standard InChI is InChI=1S/C31H32N2O4/c1-20-16-28-32-18-27(20)29(21(2)31(35)36)25-12-11-23-13-14-33(19-26(23)17-25)30(34)24-9-7-22(8-10-24)6-4-3-5-15-37-28/h3-4,7-12,16-18,21,29H,5-6,13-15,19H2,1-2H3,(H,35,36)/b4-3+/t21-,29+/m0/s1. The van der Waals surface area contributed by atoms with E-state index >= 15 is 0 Å². The van der Waals surface area contributed by atoms with Crippen molar-refractivity contribution in [3.63, 3.8) is 0 Å². The fraction of sp³-hybridized carbons (Fsp3) is 0.323. The third kappa shape index (κ3) is 5.29. The zero-order valence-corrected chi connectivity index (χ0v) is 21.3. The van der Waals surface area contributed by atoms with Crippen molar-refractivity contribution in [2.45, 2.75) is 45.6 Å². The van der Waals surface area contributed by atoms with Gasteiger partial charge in [-0.3, -0.25) is 9.59 Å². The second-order valence-corrected chi connectivity index (χ2v) is 10.00. The minimum atomic E-state index is -0.861. The molecule has 6 heterocycles. The number of rotatable bonds is 2. The summed E-state index contributed by atoms with van der Waals surface area (Å²) in [5.74, 6) is -1.33. The minimum absolute atomic E-state index is 0.0206. The fourth-order valence-electron chi connectivity index (χ4n) is 5.30. The highest BCUT2D eigenvalue weighted by Gasteiger charge is 2.30. The molecule has 0 aliphatic carbocycles. The van der Waals surface area contributed by atoms with Crippen LogP contribution in [-0.4, -0.2) is 40.0 Å².